The number of rotatable bonds is 6. The van der Waals surface area contributed by atoms with Crippen molar-refractivity contribution in [3.8, 4) is 0 Å². The number of nitrogens with one attached hydrogen (secondary N) is 2. The van der Waals surface area contributed by atoms with Crippen molar-refractivity contribution in [2.75, 3.05) is 26.3 Å². The van der Waals surface area contributed by atoms with Crippen LogP contribution in [-0.4, -0.2) is 38.4 Å². The summed E-state index contributed by atoms with van der Waals surface area (Å²) in [5.74, 6) is 0. The maximum atomic E-state index is 5.42. The lowest BCUT2D eigenvalue weighted by Gasteiger charge is -2.26. The van der Waals surface area contributed by atoms with E-state index < -0.39 is 0 Å². The van der Waals surface area contributed by atoms with Gasteiger partial charge < -0.3 is 15.4 Å². The Labute approximate surface area is 93.3 Å². The van der Waals surface area contributed by atoms with Gasteiger partial charge in [0, 0.05) is 18.6 Å². The highest BCUT2D eigenvalue weighted by molar-refractivity contribution is 4.80. The summed E-state index contributed by atoms with van der Waals surface area (Å²) in [6.45, 7) is 8.09. The van der Waals surface area contributed by atoms with Crippen LogP contribution >= 0.6 is 0 Å². The van der Waals surface area contributed by atoms with Gasteiger partial charge in [0.1, 0.15) is 0 Å². The fourth-order valence-corrected chi connectivity index (χ4v) is 1.86. The third-order valence-corrected chi connectivity index (χ3v) is 2.68. The van der Waals surface area contributed by atoms with Crippen LogP contribution in [0.3, 0.4) is 0 Å². The van der Waals surface area contributed by atoms with E-state index in [0.29, 0.717) is 12.1 Å². The van der Waals surface area contributed by atoms with Gasteiger partial charge in [-0.3, -0.25) is 0 Å². The molecule has 2 atom stereocenters. The number of morpholine rings is 1. The molecule has 1 aliphatic heterocycles. The molecule has 0 aromatic rings. The van der Waals surface area contributed by atoms with Crippen LogP contribution in [0.5, 0.6) is 0 Å². The molecule has 0 aromatic heterocycles. The topological polar surface area (TPSA) is 33.3 Å². The minimum atomic E-state index is 0.531. The lowest BCUT2D eigenvalue weighted by atomic mass is 10.1. The number of hydrogen-bond acceptors (Lipinski definition) is 3. The summed E-state index contributed by atoms with van der Waals surface area (Å²) in [6, 6.07) is 1.09. The van der Waals surface area contributed by atoms with Crippen molar-refractivity contribution in [1.29, 1.82) is 0 Å². The summed E-state index contributed by atoms with van der Waals surface area (Å²) < 4.78 is 5.42. The quantitative estimate of drug-likeness (QED) is 0.514. The Morgan fingerprint density at radius 2 is 2.47 bits per heavy atom. The van der Waals surface area contributed by atoms with Gasteiger partial charge in [-0.1, -0.05) is 12.2 Å². The fourth-order valence-electron chi connectivity index (χ4n) is 1.86. The zero-order valence-corrected chi connectivity index (χ0v) is 9.96. The standard InChI is InChI=1S/C12H24N2O/c1-3-4-5-6-13-11(2)9-12-10-15-8-7-14-12/h3-4,11-14H,5-10H2,1-2H3/b4-3+. The zero-order chi connectivity index (χ0) is 10.9. The molecule has 1 saturated heterocycles. The second-order valence-corrected chi connectivity index (χ2v) is 4.17. The van der Waals surface area contributed by atoms with Crippen LogP contribution in [0.15, 0.2) is 12.2 Å². The van der Waals surface area contributed by atoms with Crippen LogP contribution in [0.25, 0.3) is 0 Å². The largest absolute Gasteiger partial charge is 0.379 e. The van der Waals surface area contributed by atoms with Gasteiger partial charge in [0.05, 0.1) is 13.2 Å². The van der Waals surface area contributed by atoms with Gasteiger partial charge in [0.25, 0.3) is 0 Å². The molecule has 0 radical (unpaired) electrons. The molecule has 1 fully saturated rings. The van der Waals surface area contributed by atoms with Gasteiger partial charge in [-0.15, -0.1) is 0 Å². The Morgan fingerprint density at radius 3 is 3.13 bits per heavy atom. The van der Waals surface area contributed by atoms with Crippen molar-refractivity contribution in [2.45, 2.75) is 38.8 Å². The maximum absolute atomic E-state index is 5.42. The third-order valence-electron chi connectivity index (χ3n) is 2.68. The molecule has 15 heavy (non-hydrogen) atoms. The Hall–Kier alpha value is -0.380. The lowest BCUT2D eigenvalue weighted by molar-refractivity contribution is 0.0713. The van der Waals surface area contributed by atoms with E-state index in [2.05, 4.69) is 36.6 Å². The first-order chi connectivity index (χ1) is 7.33. The van der Waals surface area contributed by atoms with E-state index in [4.69, 9.17) is 4.74 Å². The van der Waals surface area contributed by atoms with Gasteiger partial charge >= 0.3 is 0 Å². The molecule has 2 unspecified atom stereocenters. The molecule has 0 spiro atoms. The summed E-state index contributed by atoms with van der Waals surface area (Å²) in [6.07, 6.45) is 6.57. The van der Waals surface area contributed by atoms with Crippen LogP contribution in [0, 0.1) is 0 Å². The summed E-state index contributed by atoms with van der Waals surface area (Å²) in [4.78, 5) is 0. The van der Waals surface area contributed by atoms with Crippen LogP contribution < -0.4 is 10.6 Å². The average Bonchev–Trinajstić information content (AvgIpc) is 2.26. The summed E-state index contributed by atoms with van der Waals surface area (Å²) in [5.41, 5.74) is 0. The van der Waals surface area contributed by atoms with Gasteiger partial charge in [0.15, 0.2) is 0 Å². The molecule has 2 N–H and O–H groups in total. The second kappa shape index (κ2) is 7.85. The monoisotopic (exact) mass is 212 g/mol. The Bertz CT molecular complexity index is 176. The molecule has 1 aliphatic rings. The van der Waals surface area contributed by atoms with Crippen LogP contribution in [0.1, 0.15) is 26.7 Å². The average molecular weight is 212 g/mol. The smallest absolute Gasteiger partial charge is 0.0620 e. The Kier molecular flexibility index (Phi) is 6.64. The van der Waals surface area contributed by atoms with E-state index >= 15 is 0 Å². The van der Waals surface area contributed by atoms with Crippen molar-refractivity contribution in [2.24, 2.45) is 0 Å². The predicted octanol–water partition coefficient (Wildman–Crippen LogP) is 1.31. The second-order valence-electron chi connectivity index (χ2n) is 4.17. The molecule has 1 heterocycles. The van der Waals surface area contributed by atoms with Crippen molar-refractivity contribution in [1.82, 2.24) is 10.6 Å². The van der Waals surface area contributed by atoms with E-state index in [1.54, 1.807) is 0 Å². The van der Waals surface area contributed by atoms with Crippen molar-refractivity contribution in [3.63, 3.8) is 0 Å². The molecular formula is C12H24N2O. The minimum Gasteiger partial charge on any atom is -0.379 e. The van der Waals surface area contributed by atoms with E-state index in [0.717, 1.165) is 39.1 Å². The highest BCUT2D eigenvalue weighted by atomic mass is 16.5. The minimum absolute atomic E-state index is 0.531. The fraction of sp³-hybridized carbons (Fsp3) is 0.833. The maximum Gasteiger partial charge on any atom is 0.0620 e. The molecule has 88 valence electrons. The van der Waals surface area contributed by atoms with E-state index in [-0.39, 0.29) is 0 Å². The van der Waals surface area contributed by atoms with Crippen LogP contribution in [0.4, 0.5) is 0 Å². The first-order valence-corrected chi connectivity index (χ1v) is 5.98. The SMILES string of the molecule is C/C=C/CCNC(C)CC1COCCN1. The Morgan fingerprint density at radius 1 is 1.60 bits per heavy atom. The first-order valence-electron chi connectivity index (χ1n) is 5.98. The lowest BCUT2D eigenvalue weighted by Crippen LogP contribution is -2.45. The predicted molar refractivity (Wildman–Crippen MR) is 64.1 cm³/mol. The van der Waals surface area contributed by atoms with Gasteiger partial charge in [-0.2, -0.15) is 0 Å². The van der Waals surface area contributed by atoms with Gasteiger partial charge in [-0.05, 0) is 33.2 Å². The van der Waals surface area contributed by atoms with E-state index in [1.807, 2.05) is 0 Å². The van der Waals surface area contributed by atoms with Gasteiger partial charge in [0.2, 0.25) is 0 Å². The zero-order valence-electron chi connectivity index (χ0n) is 9.96. The normalized spacial score (nSPS) is 24.5. The third kappa shape index (κ3) is 5.92. The first kappa shape index (κ1) is 12.7. The summed E-state index contributed by atoms with van der Waals surface area (Å²) in [7, 11) is 0. The van der Waals surface area contributed by atoms with E-state index in [9.17, 15) is 0 Å². The molecule has 3 nitrogen and oxygen atoms in total. The van der Waals surface area contributed by atoms with Gasteiger partial charge in [-0.25, -0.2) is 0 Å². The van der Waals surface area contributed by atoms with Crippen molar-refractivity contribution >= 4 is 0 Å². The molecule has 0 bridgehead atoms. The number of allylic oxidation sites excluding steroid dienone is 1. The highest BCUT2D eigenvalue weighted by Crippen LogP contribution is 2.02. The summed E-state index contributed by atoms with van der Waals surface area (Å²) >= 11 is 0. The molecular weight excluding hydrogens is 188 g/mol. The molecule has 1 rings (SSSR count). The summed E-state index contributed by atoms with van der Waals surface area (Å²) in [5, 5.41) is 6.99. The van der Waals surface area contributed by atoms with Crippen LogP contribution in [-0.2, 0) is 4.74 Å². The number of ether oxygens (including phenoxy) is 1. The highest BCUT2D eigenvalue weighted by Gasteiger charge is 2.15. The molecule has 0 aromatic carbocycles. The molecule has 3 heteroatoms. The molecule has 0 saturated carbocycles. The number of hydrogen-bond donors (Lipinski definition) is 2. The molecule has 0 aliphatic carbocycles. The molecule has 0 amide bonds. The Balaban J connectivity index is 2.03. The van der Waals surface area contributed by atoms with Crippen molar-refractivity contribution < 1.29 is 4.74 Å². The van der Waals surface area contributed by atoms with Crippen molar-refractivity contribution in [3.05, 3.63) is 12.2 Å². The van der Waals surface area contributed by atoms with E-state index in [1.165, 1.54) is 0 Å². The van der Waals surface area contributed by atoms with Crippen LogP contribution in [0.2, 0.25) is 0 Å².